The van der Waals surface area contributed by atoms with Crippen molar-refractivity contribution in [2.24, 2.45) is 0 Å². The Morgan fingerprint density at radius 3 is 2.71 bits per heavy atom. The van der Waals surface area contributed by atoms with E-state index in [0.717, 1.165) is 23.3 Å². The van der Waals surface area contributed by atoms with Gasteiger partial charge in [0.05, 0.1) is 42.7 Å². The monoisotopic (exact) mass is 585 g/mol. The number of aryl methyl sites for hydroxylation is 1. The Balaban J connectivity index is 1.43. The molecule has 1 atom stereocenters. The minimum Gasteiger partial charge on any atom is -0.496 e. The van der Waals surface area contributed by atoms with Gasteiger partial charge in [0.2, 0.25) is 5.91 Å². The number of ether oxygens (including phenoxy) is 2. The minimum absolute atomic E-state index is 0.0794. The Morgan fingerprint density at radius 2 is 1.98 bits per heavy atom. The van der Waals surface area contributed by atoms with Crippen molar-refractivity contribution in [3.05, 3.63) is 82.9 Å². The minimum atomic E-state index is -4.24. The number of hydrogen-bond acceptors (Lipinski definition) is 7. The molecule has 0 spiro atoms. The fourth-order valence-electron chi connectivity index (χ4n) is 4.57. The number of aromatic nitrogens is 2. The summed E-state index contributed by atoms with van der Waals surface area (Å²) in [6.07, 6.45) is 0. The smallest absolute Gasteiger partial charge is 0.263 e. The summed E-state index contributed by atoms with van der Waals surface area (Å²) in [5, 5.41) is 10.7. The van der Waals surface area contributed by atoms with Gasteiger partial charge in [-0.25, -0.2) is 17.2 Å². The number of nitrogens with zero attached hydrogens (tertiary/aromatic N) is 2. The zero-order chi connectivity index (χ0) is 29.1. The van der Waals surface area contributed by atoms with Crippen LogP contribution in [0.2, 0.25) is 0 Å². The maximum atomic E-state index is 14.5. The Kier molecular flexibility index (Phi) is 8.20. The summed E-state index contributed by atoms with van der Waals surface area (Å²) in [7, 11) is -2.90. The first-order chi connectivity index (χ1) is 19.6. The number of rotatable bonds is 9. The van der Waals surface area contributed by atoms with Crippen molar-refractivity contribution in [3.8, 4) is 5.75 Å². The maximum absolute atomic E-state index is 14.5. The van der Waals surface area contributed by atoms with Crippen LogP contribution in [0.3, 0.4) is 0 Å². The lowest BCUT2D eigenvalue weighted by atomic mass is 10.1. The van der Waals surface area contributed by atoms with Crippen molar-refractivity contribution in [3.63, 3.8) is 0 Å². The van der Waals surface area contributed by atoms with E-state index in [9.17, 15) is 22.0 Å². The molecule has 3 N–H and O–H groups in total. The average Bonchev–Trinajstić information content (AvgIpc) is 3.28. The number of halogens is 2. The number of carbonyl (C=O) groups excluding carboxylic acids is 1. The normalized spacial score (nSPS) is 15.6. The second-order valence-electron chi connectivity index (χ2n) is 9.64. The highest BCUT2D eigenvalue weighted by molar-refractivity contribution is 7.92. The van der Waals surface area contributed by atoms with E-state index in [0.29, 0.717) is 25.3 Å². The summed E-state index contributed by atoms with van der Waals surface area (Å²) < 4.78 is 69.5. The molecule has 2 heterocycles. The third-order valence-electron chi connectivity index (χ3n) is 6.71. The number of morpholine rings is 1. The van der Waals surface area contributed by atoms with Crippen LogP contribution in [0.25, 0.3) is 10.9 Å². The zero-order valence-corrected chi connectivity index (χ0v) is 23.2. The van der Waals surface area contributed by atoms with Crippen molar-refractivity contribution >= 4 is 32.7 Å². The predicted molar refractivity (Wildman–Crippen MR) is 148 cm³/mol. The number of sulfonamides is 1. The molecule has 0 bridgehead atoms. The highest BCUT2D eigenvalue weighted by Gasteiger charge is 2.24. The van der Waals surface area contributed by atoms with Crippen LogP contribution in [0.15, 0.2) is 59.5 Å². The molecule has 1 aliphatic rings. The number of carbonyl (C=O) groups is 1. The van der Waals surface area contributed by atoms with E-state index in [4.69, 9.17) is 9.47 Å². The molecule has 0 saturated carbocycles. The molecular formula is C28H29F2N5O5S. The molecular weight excluding hydrogens is 556 g/mol. The first-order valence-electron chi connectivity index (χ1n) is 12.8. The van der Waals surface area contributed by atoms with Crippen molar-refractivity contribution < 1.29 is 31.5 Å². The number of benzene rings is 3. The molecule has 0 aliphatic carbocycles. The van der Waals surface area contributed by atoms with Crippen LogP contribution >= 0.6 is 0 Å². The lowest BCUT2D eigenvalue weighted by molar-refractivity contribution is -0.126. The van der Waals surface area contributed by atoms with Gasteiger partial charge in [-0.05, 0) is 35.7 Å². The summed E-state index contributed by atoms with van der Waals surface area (Å²) in [5.41, 5.74) is 2.20. The van der Waals surface area contributed by atoms with Crippen LogP contribution < -0.4 is 20.1 Å². The predicted octanol–water partition coefficient (Wildman–Crippen LogP) is 3.09. The standard InChI is InChI=1S/C28H29F2N5O5S/c1-17-6-7-21(13-22(17)30)41(37,38)34-27-26-24(11-20(29)12-25(26)39-2)35(33-27)15-19-5-3-4-18(10-19)14-32-28(36)23-16-40-9-8-31-23/h3-7,10-13,23,31H,8-9,14-16H2,1-2H3,(H,32,36)(H,33,34)/t23-/m1/s1. The van der Waals surface area contributed by atoms with E-state index in [1.807, 2.05) is 24.3 Å². The Morgan fingerprint density at radius 1 is 1.17 bits per heavy atom. The Hall–Kier alpha value is -4.07. The van der Waals surface area contributed by atoms with E-state index >= 15 is 0 Å². The van der Waals surface area contributed by atoms with Crippen LogP contribution in [-0.4, -0.2) is 57.0 Å². The summed E-state index contributed by atoms with van der Waals surface area (Å²) in [6, 6.07) is 12.9. The summed E-state index contributed by atoms with van der Waals surface area (Å²) in [6.45, 7) is 3.45. The molecule has 3 aromatic carbocycles. The SMILES string of the molecule is COc1cc(F)cc2c1c(NS(=O)(=O)c1ccc(C)c(F)c1)nn2Cc1cccc(CNC(=O)[C@H]2COCCN2)c1. The summed E-state index contributed by atoms with van der Waals surface area (Å²) >= 11 is 0. The molecule has 0 radical (unpaired) electrons. The molecule has 4 aromatic rings. The third kappa shape index (κ3) is 6.32. The number of nitrogens with one attached hydrogen (secondary N) is 3. The van der Waals surface area contributed by atoms with Crippen LogP contribution in [0, 0.1) is 18.6 Å². The second kappa shape index (κ2) is 11.8. The second-order valence-corrected chi connectivity index (χ2v) is 11.3. The molecule has 1 saturated heterocycles. The largest absolute Gasteiger partial charge is 0.496 e. The lowest BCUT2D eigenvalue weighted by Crippen LogP contribution is -2.51. The number of fused-ring (bicyclic) bond motifs is 1. The molecule has 1 aromatic heterocycles. The van der Waals surface area contributed by atoms with Crippen molar-refractivity contribution in [2.45, 2.75) is 31.0 Å². The van der Waals surface area contributed by atoms with Gasteiger partial charge in [0.25, 0.3) is 10.0 Å². The van der Waals surface area contributed by atoms with Gasteiger partial charge in [-0.15, -0.1) is 0 Å². The van der Waals surface area contributed by atoms with E-state index in [1.165, 1.54) is 36.9 Å². The van der Waals surface area contributed by atoms with Crippen molar-refractivity contribution in [2.75, 3.05) is 31.6 Å². The molecule has 5 rings (SSSR count). The highest BCUT2D eigenvalue weighted by atomic mass is 32.2. The van der Waals surface area contributed by atoms with E-state index in [2.05, 4.69) is 20.5 Å². The van der Waals surface area contributed by atoms with Crippen LogP contribution in [0.4, 0.5) is 14.6 Å². The number of hydrogen-bond donors (Lipinski definition) is 3. The number of methoxy groups -OCH3 is 1. The van der Waals surface area contributed by atoms with E-state index in [1.54, 1.807) is 0 Å². The van der Waals surface area contributed by atoms with Crippen LogP contribution in [0.1, 0.15) is 16.7 Å². The van der Waals surface area contributed by atoms with Gasteiger partial charge in [-0.2, -0.15) is 5.10 Å². The first kappa shape index (κ1) is 28.5. The zero-order valence-electron chi connectivity index (χ0n) is 22.4. The quantitative estimate of drug-likeness (QED) is 0.276. The van der Waals surface area contributed by atoms with E-state index in [-0.39, 0.29) is 46.4 Å². The van der Waals surface area contributed by atoms with Gasteiger partial charge in [0, 0.05) is 25.2 Å². The van der Waals surface area contributed by atoms with Gasteiger partial charge < -0.3 is 20.1 Å². The molecule has 0 unspecified atom stereocenters. The van der Waals surface area contributed by atoms with Gasteiger partial charge in [0.15, 0.2) is 5.82 Å². The molecule has 41 heavy (non-hydrogen) atoms. The van der Waals surface area contributed by atoms with Crippen molar-refractivity contribution in [1.82, 2.24) is 20.4 Å². The first-order valence-corrected chi connectivity index (χ1v) is 14.3. The third-order valence-corrected chi connectivity index (χ3v) is 8.05. The van der Waals surface area contributed by atoms with Gasteiger partial charge in [-0.1, -0.05) is 30.3 Å². The molecule has 1 aliphatic heterocycles. The van der Waals surface area contributed by atoms with Gasteiger partial charge in [-0.3, -0.25) is 14.2 Å². The van der Waals surface area contributed by atoms with E-state index < -0.39 is 27.7 Å². The molecule has 13 heteroatoms. The molecule has 1 fully saturated rings. The van der Waals surface area contributed by atoms with Crippen molar-refractivity contribution in [1.29, 1.82) is 0 Å². The fraction of sp³-hybridized carbons (Fsp3) is 0.286. The highest BCUT2D eigenvalue weighted by Crippen LogP contribution is 2.35. The maximum Gasteiger partial charge on any atom is 0.263 e. The molecule has 10 nitrogen and oxygen atoms in total. The Labute approximate surface area is 235 Å². The van der Waals surface area contributed by atoms with Gasteiger partial charge in [0.1, 0.15) is 23.4 Å². The number of amides is 1. The summed E-state index contributed by atoms with van der Waals surface area (Å²) in [4.78, 5) is 12.2. The average molecular weight is 586 g/mol. The molecule has 1 amide bonds. The van der Waals surface area contributed by atoms with Crippen LogP contribution in [-0.2, 0) is 32.6 Å². The molecule has 216 valence electrons. The topological polar surface area (TPSA) is 124 Å². The fourth-order valence-corrected chi connectivity index (χ4v) is 5.59. The van der Waals surface area contributed by atoms with Gasteiger partial charge >= 0.3 is 0 Å². The number of anilines is 1. The van der Waals surface area contributed by atoms with Crippen LogP contribution in [0.5, 0.6) is 5.75 Å². The Bertz CT molecular complexity index is 1700. The summed E-state index contributed by atoms with van der Waals surface area (Å²) in [5.74, 6) is -1.44. The lowest BCUT2D eigenvalue weighted by Gasteiger charge is -2.22.